The molecule has 3 N–H and O–H groups in total. The number of nitrogens with two attached hydrogens (primary N) is 1. The Hall–Kier alpha value is -0.610. The van der Waals surface area contributed by atoms with E-state index in [0.29, 0.717) is 25.6 Å². The maximum absolute atomic E-state index is 12.4. The molecule has 17 heavy (non-hydrogen) atoms. The normalized spacial score (nSPS) is 30.1. The summed E-state index contributed by atoms with van der Waals surface area (Å²) < 4.78 is 0. The SMILES string of the molecule is NCC1(C(=O)N2CC(O)(C3CC3)C2)CCCC1. The molecule has 3 rings (SSSR count). The molecule has 4 nitrogen and oxygen atoms in total. The molecule has 3 fully saturated rings. The number of carbonyl (C=O) groups excluding carboxylic acids is 1. The standard InChI is InChI=1S/C13H22N2O2/c14-7-12(5-1-2-6-12)11(16)15-8-13(17,9-15)10-3-4-10/h10,17H,1-9,14H2. The van der Waals surface area contributed by atoms with Gasteiger partial charge in [-0.3, -0.25) is 4.79 Å². The molecule has 2 aliphatic carbocycles. The van der Waals surface area contributed by atoms with E-state index in [-0.39, 0.29) is 11.3 Å². The van der Waals surface area contributed by atoms with Crippen LogP contribution in [0.3, 0.4) is 0 Å². The van der Waals surface area contributed by atoms with Gasteiger partial charge in [0.05, 0.1) is 18.5 Å². The van der Waals surface area contributed by atoms with E-state index in [9.17, 15) is 9.90 Å². The highest BCUT2D eigenvalue weighted by Gasteiger charge is 2.56. The van der Waals surface area contributed by atoms with Gasteiger partial charge in [0.25, 0.3) is 0 Å². The molecular formula is C13H22N2O2. The van der Waals surface area contributed by atoms with Crippen LogP contribution < -0.4 is 5.73 Å². The molecule has 0 bridgehead atoms. The van der Waals surface area contributed by atoms with Crippen LogP contribution in [0.5, 0.6) is 0 Å². The molecule has 0 spiro atoms. The first-order valence-corrected chi connectivity index (χ1v) is 6.81. The highest BCUT2D eigenvalue weighted by molar-refractivity contribution is 5.84. The summed E-state index contributed by atoms with van der Waals surface area (Å²) >= 11 is 0. The molecule has 4 heteroatoms. The first-order chi connectivity index (χ1) is 8.10. The monoisotopic (exact) mass is 238 g/mol. The predicted octanol–water partition coefficient (Wildman–Crippen LogP) is 0.489. The van der Waals surface area contributed by atoms with Crippen LogP contribution in [-0.4, -0.2) is 41.1 Å². The maximum atomic E-state index is 12.4. The smallest absolute Gasteiger partial charge is 0.230 e. The molecule has 0 unspecified atom stereocenters. The van der Waals surface area contributed by atoms with Crippen molar-refractivity contribution in [1.29, 1.82) is 0 Å². The van der Waals surface area contributed by atoms with Gasteiger partial charge in [-0.2, -0.15) is 0 Å². The van der Waals surface area contributed by atoms with E-state index in [1.807, 2.05) is 4.90 Å². The lowest BCUT2D eigenvalue weighted by molar-refractivity contribution is -0.168. The second kappa shape index (κ2) is 3.69. The van der Waals surface area contributed by atoms with E-state index in [2.05, 4.69) is 0 Å². The fourth-order valence-electron chi connectivity index (χ4n) is 3.53. The zero-order valence-corrected chi connectivity index (χ0v) is 10.3. The number of carbonyl (C=O) groups is 1. The second-order valence-electron chi connectivity index (χ2n) is 6.23. The summed E-state index contributed by atoms with van der Waals surface area (Å²) in [6.45, 7) is 1.54. The number of rotatable bonds is 3. The van der Waals surface area contributed by atoms with Crippen molar-refractivity contribution < 1.29 is 9.90 Å². The van der Waals surface area contributed by atoms with Crippen LogP contribution in [0.2, 0.25) is 0 Å². The van der Waals surface area contributed by atoms with Crippen LogP contribution in [-0.2, 0) is 4.79 Å². The Morgan fingerprint density at radius 1 is 1.29 bits per heavy atom. The third kappa shape index (κ3) is 1.69. The number of hydrogen-bond donors (Lipinski definition) is 2. The molecular weight excluding hydrogens is 216 g/mol. The Morgan fingerprint density at radius 2 is 1.88 bits per heavy atom. The molecule has 0 radical (unpaired) electrons. The first-order valence-electron chi connectivity index (χ1n) is 6.81. The lowest BCUT2D eigenvalue weighted by atomic mass is 9.80. The van der Waals surface area contributed by atoms with Gasteiger partial charge < -0.3 is 15.7 Å². The minimum absolute atomic E-state index is 0.197. The average molecular weight is 238 g/mol. The lowest BCUT2D eigenvalue weighted by Crippen LogP contribution is -2.67. The Balaban J connectivity index is 1.64. The van der Waals surface area contributed by atoms with Gasteiger partial charge in [-0.15, -0.1) is 0 Å². The minimum atomic E-state index is -0.565. The highest BCUT2D eigenvalue weighted by atomic mass is 16.3. The number of likely N-dealkylation sites (tertiary alicyclic amines) is 1. The van der Waals surface area contributed by atoms with Crippen molar-refractivity contribution in [2.45, 2.75) is 44.1 Å². The Bertz CT molecular complexity index is 326. The molecule has 96 valence electrons. The van der Waals surface area contributed by atoms with Crippen LogP contribution in [0.1, 0.15) is 38.5 Å². The van der Waals surface area contributed by atoms with Crippen molar-refractivity contribution >= 4 is 5.91 Å². The number of amides is 1. The molecule has 1 aliphatic heterocycles. The van der Waals surface area contributed by atoms with Crippen LogP contribution in [0, 0.1) is 11.3 Å². The summed E-state index contributed by atoms with van der Waals surface area (Å²) in [5, 5.41) is 10.2. The summed E-state index contributed by atoms with van der Waals surface area (Å²) in [6.07, 6.45) is 6.34. The molecule has 0 atom stereocenters. The summed E-state index contributed by atoms with van der Waals surface area (Å²) in [5.41, 5.74) is 4.95. The van der Waals surface area contributed by atoms with E-state index in [1.54, 1.807) is 0 Å². The van der Waals surface area contributed by atoms with Gasteiger partial charge in [0.2, 0.25) is 5.91 Å². The molecule has 1 saturated heterocycles. The summed E-state index contributed by atoms with van der Waals surface area (Å²) in [4.78, 5) is 14.3. The number of β-amino-alcohol motifs (C(OH)–C–C–N with tert-alkyl or cyclic N) is 1. The van der Waals surface area contributed by atoms with Crippen molar-refractivity contribution in [2.24, 2.45) is 17.1 Å². The Kier molecular flexibility index (Phi) is 2.49. The topological polar surface area (TPSA) is 66.6 Å². The largest absolute Gasteiger partial charge is 0.386 e. The van der Waals surface area contributed by atoms with Gasteiger partial charge in [-0.05, 0) is 31.6 Å². The predicted molar refractivity (Wildman–Crippen MR) is 64.2 cm³/mol. The first kappa shape index (κ1) is 11.5. The van der Waals surface area contributed by atoms with Crippen molar-refractivity contribution in [3.8, 4) is 0 Å². The van der Waals surface area contributed by atoms with Crippen molar-refractivity contribution in [3.63, 3.8) is 0 Å². The van der Waals surface area contributed by atoms with Gasteiger partial charge >= 0.3 is 0 Å². The Labute approximate surface area is 102 Å². The third-order valence-corrected chi connectivity index (χ3v) is 4.96. The van der Waals surface area contributed by atoms with Gasteiger partial charge in [-0.1, -0.05) is 12.8 Å². The number of nitrogens with zero attached hydrogens (tertiary/aromatic N) is 1. The van der Waals surface area contributed by atoms with Crippen molar-refractivity contribution in [1.82, 2.24) is 4.90 Å². The Morgan fingerprint density at radius 3 is 2.35 bits per heavy atom. The van der Waals surface area contributed by atoms with E-state index < -0.39 is 5.60 Å². The molecule has 0 aromatic carbocycles. The van der Waals surface area contributed by atoms with Crippen LogP contribution in [0.15, 0.2) is 0 Å². The number of hydrogen-bond acceptors (Lipinski definition) is 3. The minimum Gasteiger partial charge on any atom is -0.386 e. The van der Waals surface area contributed by atoms with Crippen LogP contribution in [0.25, 0.3) is 0 Å². The number of aliphatic hydroxyl groups is 1. The van der Waals surface area contributed by atoms with Gasteiger partial charge in [-0.25, -0.2) is 0 Å². The average Bonchev–Trinajstić information content (AvgIpc) is 3.03. The van der Waals surface area contributed by atoms with Crippen molar-refractivity contribution in [2.75, 3.05) is 19.6 Å². The quantitative estimate of drug-likeness (QED) is 0.752. The van der Waals surface area contributed by atoms with E-state index >= 15 is 0 Å². The molecule has 1 amide bonds. The second-order valence-corrected chi connectivity index (χ2v) is 6.23. The molecule has 1 heterocycles. The molecule has 2 saturated carbocycles. The zero-order valence-electron chi connectivity index (χ0n) is 10.3. The molecule has 0 aromatic rings. The van der Waals surface area contributed by atoms with Crippen molar-refractivity contribution in [3.05, 3.63) is 0 Å². The summed E-state index contributed by atoms with van der Waals surface area (Å²) in [7, 11) is 0. The third-order valence-electron chi connectivity index (χ3n) is 4.96. The fourth-order valence-corrected chi connectivity index (χ4v) is 3.53. The summed E-state index contributed by atoms with van der Waals surface area (Å²) in [6, 6.07) is 0. The van der Waals surface area contributed by atoms with Crippen LogP contribution in [0.4, 0.5) is 0 Å². The zero-order chi connectivity index (χ0) is 12.1. The lowest BCUT2D eigenvalue weighted by Gasteiger charge is -2.49. The van der Waals surface area contributed by atoms with Gasteiger partial charge in [0.1, 0.15) is 5.60 Å². The molecule has 3 aliphatic rings. The van der Waals surface area contributed by atoms with E-state index in [0.717, 1.165) is 38.5 Å². The maximum Gasteiger partial charge on any atom is 0.230 e. The molecule has 0 aromatic heterocycles. The van der Waals surface area contributed by atoms with Gasteiger partial charge in [0, 0.05) is 6.54 Å². The summed E-state index contributed by atoms with van der Waals surface area (Å²) in [5.74, 6) is 0.645. The fraction of sp³-hybridized carbons (Fsp3) is 0.923. The highest BCUT2D eigenvalue weighted by Crippen LogP contribution is 2.47. The van der Waals surface area contributed by atoms with Crippen LogP contribution >= 0.6 is 0 Å². The van der Waals surface area contributed by atoms with E-state index in [4.69, 9.17) is 5.73 Å². The van der Waals surface area contributed by atoms with Gasteiger partial charge in [0.15, 0.2) is 0 Å². The van der Waals surface area contributed by atoms with E-state index in [1.165, 1.54) is 0 Å².